The number of methoxy groups -OCH3 is 2. The van der Waals surface area contributed by atoms with E-state index in [1.165, 1.54) is 10.5 Å². The van der Waals surface area contributed by atoms with Gasteiger partial charge in [0.25, 0.3) is 5.91 Å². The fourth-order valence-electron chi connectivity index (χ4n) is 5.06. The first-order valence-electron chi connectivity index (χ1n) is 11.8. The van der Waals surface area contributed by atoms with Crippen LogP contribution in [0.5, 0.6) is 11.5 Å². The molecule has 1 N–H and O–H groups in total. The summed E-state index contributed by atoms with van der Waals surface area (Å²) >= 11 is 0. The molecule has 0 spiro atoms. The standard InChI is InChI=1S/C28H29N3O4/c1-34-24-16-21-13-14-30(26(20-11-7-4-8-12-20)22(21)17-25(24)35-2)18-31-27(32)23(29-28(31)33)15-19-9-5-3-6-10-19/h3-12,16-17,23,26H,13-15,18H2,1-2H3,(H,29,33)/t23-,26-/m1/s1. The molecule has 1 fully saturated rings. The van der Waals surface area contributed by atoms with Gasteiger partial charge in [0.1, 0.15) is 6.04 Å². The largest absolute Gasteiger partial charge is 0.493 e. The van der Waals surface area contributed by atoms with Crippen LogP contribution in [0.25, 0.3) is 0 Å². The molecular weight excluding hydrogens is 442 g/mol. The van der Waals surface area contributed by atoms with E-state index < -0.39 is 6.04 Å². The van der Waals surface area contributed by atoms with Crippen molar-refractivity contribution in [1.82, 2.24) is 15.1 Å². The molecule has 1 saturated heterocycles. The number of hydrogen-bond acceptors (Lipinski definition) is 5. The van der Waals surface area contributed by atoms with Gasteiger partial charge in [-0.2, -0.15) is 0 Å². The van der Waals surface area contributed by atoms with Crippen LogP contribution in [0.4, 0.5) is 4.79 Å². The second-order valence-corrected chi connectivity index (χ2v) is 8.88. The average molecular weight is 472 g/mol. The third-order valence-corrected chi connectivity index (χ3v) is 6.80. The van der Waals surface area contributed by atoms with Crippen molar-refractivity contribution >= 4 is 11.9 Å². The van der Waals surface area contributed by atoms with Gasteiger partial charge in [-0.3, -0.25) is 9.69 Å². The number of imide groups is 1. The van der Waals surface area contributed by atoms with Gasteiger partial charge in [-0.25, -0.2) is 9.69 Å². The average Bonchev–Trinajstić information content (AvgIpc) is 3.16. The smallest absolute Gasteiger partial charge is 0.325 e. The molecule has 0 aromatic heterocycles. The first kappa shape index (κ1) is 22.9. The Hall–Kier alpha value is -3.84. The highest BCUT2D eigenvalue weighted by molar-refractivity contribution is 6.04. The Morgan fingerprint density at radius 3 is 2.26 bits per heavy atom. The minimum Gasteiger partial charge on any atom is -0.493 e. The van der Waals surface area contributed by atoms with E-state index in [-0.39, 0.29) is 24.6 Å². The second kappa shape index (κ2) is 9.80. The van der Waals surface area contributed by atoms with Crippen molar-refractivity contribution in [3.63, 3.8) is 0 Å². The summed E-state index contributed by atoms with van der Waals surface area (Å²) in [7, 11) is 3.26. The summed E-state index contributed by atoms with van der Waals surface area (Å²) in [5.74, 6) is 1.17. The number of rotatable bonds is 7. The summed E-state index contributed by atoms with van der Waals surface area (Å²) in [6.07, 6.45) is 1.25. The third kappa shape index (κ3) is 4.47. The van der Waals surface area contributed by atoms with Crippen LogP contribution in [-0.4, -0.2) is 55.2 Å². The van der Waals surface area contributed by atoms with E-state index in [1.54, 1.807) is 14.2 Å². The molecule has 3 aromatic carbocycles. The Morgan fingerprint density at radius 1 is 0.914 bits per heavy atom. The maximum atomic E-state index is 13.2. The van der Waals surface area contributed by atoms with Crippen LogP contribution in [0, 0.1) is 0 Å². The SMILES string of the molecule is COc1cc2c(cc1OC)[C@@H](c1ccccc1)N(CN1C(=O)N[C@H](Cc3ccccc3)C1=O)CC2. The number of carbonyl (C=O) groups is 2. The zero-order valence-corrected chi connectivity index (χ0v) is 19.9. The predicted molar refractivity (Wildman–Crippen MR) is 132 cm³/mol. The number of hydrogen-bond donors (Lipinski definition) is 1. The van der Waals surface area contributed by atoms with Crippen molar-refractivity contribution in [3.05, 3.63) is 95.1 Å². The quantitative estimate of drug-likeness (QED) is 0.531. The molecule has 5 rings (SSSR count). The zero-order chi connectivity index (χ0) is 24.4. The number of nitrogens with one attached hydrogen (secondary N) is 1. The summed E-state index contributed by atoms with van der Waals surface area (Å²) in [4.78, 5) is 29.6. The number of benzene rings is 3. The summed E-state index contributed by atoms with van der Waals surface area (Å²) in [5, 5.41) is 2.87. The fourth-order valence-corrected chi connectivity index (χ4v) is 5.06. The number of ether oxygens (including phenoxy) is 2. The first-order valence-corrected chi connectivity index (χ1v) is 11.8. The van der Waals surface area contributed by atoms with Gasteiger partial charge < -0.3 is 14.8 Å². The molecule has 7 heteroatoms. The van der Waals surface area contributed by atoms with Crippen molar-refractivity contribution < 1.29 is 19.1 Å². The summed E-state index contributed by atoms with van der Waals surface area (Å²) in [6.45, 7) is 0.908. The van der Waals surface area contributed by atoms with Crippen LogP contribution in [0.2, 0.25) is 0 Å². The van der Waals surface area contributed by atoms with E-state index in [0.717, 1.165) is 23.1 Å². The van der Waals surface area contributed by atoms with E-state index >= 15 is 0 Å². The summed E-state index contributed by atoms with van der Waals surface area (Å²) < 4.78 is 11.1. The Balaban J connectivity index is 1.44. The van der Waals surface area contributed by atoms with E-state index in [1.807, 2.05) is 60.7 Å². The van der Waals surface area contributed by atoms with Gasteiger partial charge in [0, 0.05) is 13.0 Å². The van der Waals surface area contributed by atoms with Crippen molar-refractivity contribution in [3.8, 4) is 11.5 Å². The highest BCUT2D eigenvalue weighted by Gasteiger charge is 2.41. The van der Waals surface area contributed by atoms with Crippen LogP contribution in [-0.2, 0) is 17.6 Å². The van der Waals surface area contributed by atoms with Crippen LogP contribution in [0.3, 0.4) is 0 Å². The van der Waals surface area contributed by atoms with Crippen molar-refractivity contribution in [1.29, 1.82) is 0 Å². The van der Waals surface area contributed by atoms with Gasteiger partial charge >= 0.3 is 6.03 Å². The van der Waals surface area contributed by atoms with Gasteiger partial charge in [-0.05, 0) is 40.8 Å². The minimum atomic E-state index is -0.554. The highest BCUT2D eigenvalue weighted by atomic mass is 16.5. The molecule has 0 bridgehead atoms. The maximum Gasteiger partial charge on any atom is 0.325 e. The first-order chi connectivity index (χ1) is 17.1. The monoisotopic (exact) mass is 471 g/mol. The molecule has 7 nitrogen and oxygen atoms in total. The normalized spacial score (nSPS) is 19.9. The maximum absolute atomic E-state index is 13.2. The van der Waals surface area contributed by atoms with Crippen LogP contribution >= 0.6 is 0 Å². The fraction of sp³-hybridized carbons (Fsp3) is 0.286. The molecule has 0 radical (unpaired) electrons. The second-order valence-electron chi connectivity index (χ2n) is 8.88. The number of fused-ring (bicyclic) bond motifs is 1. The Kier molecular flexibility index (Phi) is 6.42. The zero-order valence-electron chi connectivity index (χ0n) is 19.9. The van der Waals surface area contributed by atoms with Gasteiger partial charge in [-0.15, -0.1) is 0 Å². The van der Waals surface area contributed by atoms with Crippen LogP contribution in [0.1, 0.15) is 28.3 Å². The molecule has 3 aromatic rings. The molecule has 0 saturated carbocycles. The number of carbonyl (C=O) groups excluding carboxylic acids is 2. The van der Waals surface area contributed by atoms with E-state index in [2.05, 4.69) is 22.3 Å². The molecule has 2 atom stereocenters. The molecule has 2 aliphatic rings. The molecule has 3 amide bonds. The molecule has 0 unspecified atom stereocenters. The van der Waals surface area contributed by atoms with Gasteiger partial charge in [0.05, 0.1) is 26.9 Å². The third-order valence-electron chi connectivity index (χ3n) is 6.80. The topological polar surface area (TPSA) is 71.1 Å². The van der Waals surface area contributed by atoms with E-state index in [4.69, 9.17) is 9.47 Å². The Morgan fingerprint density at radius 2 is 1.57 bits per heavy atom. The van der Waals surface area contributed by atoms with Crippen molar-refractivity contribution in [2.24, 2.45) is 0 Å². The lowest BCUT2D eigenvalue weighted by Crippen LogP contribution is -2.46. The van der Waals surface area contributed by atoms with Gasteiger partial charge in [0.15, 0.2) is 11.5 Å². The lowest BCUT2D eigenvalue weighted by Gasteiger charge is -2.39. The molecule has 35 heavy (non-hydrogen) atoms. The summed E-state index contributed by atoms with van der Waals surface area (Å²) in [5.41, 5.74) is 4.37. The lowest BCUT2D eigenvalue weighted by atomic mass is 9.88. The van der Waals surface area contributed by atoms with Gasteiger partial charge in [-0.1, -0.05) is 60.7 Å². The van der Waals surface area contributed by atoms with E-state index in [0.29, 0.717) is 24.5 Å². The van der Waals surface area contributed by atoms with Gasteiger partial charge in [0.2, 0.25) is 0 Å². The number of amides is 3. The molecular formula is C28H29N3O4. The molecule has 180 valence electrons. The highest BCUT2D eigenvalue weighted by Crippen LogP contribution is 2.41. The number of nitrogens with zero attached hydrogens (tertiary/aromatic N) is 2. The number of urea groups is 1. The molecule has 2 aliphatic heterocycles. The molecule has 0 aliphatic carbocycles. The minimum absolute atomic E-state index is 0.131. The van der Waals surface area contributed by atoms with Crippen LogP contribution in [0.15, 0.2) is 72.8 Å². The predicted octanol–water partition coefficient (Wildman–Crippen LogP) is 3.77. The Labute approximate surface area is 205 Å². The van der Waals surface area contributed by atoms with Crippen molar-refractivity contribution in [2.75, 3.05) is 27.4 Å². The summed E-state index contributed by atoms with van der Waals surface area (Å²) in [6, 6.07) is 22.9. The Bertz CT molecular complexity index is 1220. The van der Waals surface area contributed by atoms with Crippen molar-refractivity contribution in [2.45, 2.75) is 24.9 Å². The molecule has 2 heterocycles. The lowest BCUT2D eigenvalue weighted by molar-refractivity contribution is -0.129. The van der Waals surface area contributed by atoms with E-state index in [9.17, 15) is 9.59 Å². The van der Waals surface area contributed by atoms with Crippen LogP contribution < -0.4 is 14.8 Å².